The highest BCUT2D eigenvalue weighted by Crippen LogP contribution is 2.19. The Morgan fingerprint density at radius 1 is 1.04 bits per heavy atom. The minimum absolute atomic E-state index is 0.0827. The maximum Gasteiger partial charge on any atom is 0.261 e. The predicted molar refractivity (Wildman–Crippen MR) is 104 cm³/mol. The van der Waals surface area contributed by atoms with Crippen molar-refractivity contribution in [1.82, 2.24) is 10.2 Å². The molecule has 1 aromatic carbocycles. The number of aryl methyl sites for hydroxylation is 3. The fraction of sp³-hybridized carbons (Fsp3) is 0.316. The van der Waals surface area contributed by atoms with E-state index in [4.69, 9.17) is 0 Å². The zero-order valence-electron chi connectivity index (χ0n) is 15.4. The number of benzene rings is 1. The van der Waals surface area contributed by atoms with Gasteiger partial charge in [-0.2, -0.15) is 0 Å². The lowest BCUT2D eigenvalue weighted by atomic mass is 10.1. The first-order valence-electron chi connectivity index (χ1n) is 8.22. The quantitative estimate of drug-likeness (QED) is 0.817. The Balaban J connectivity index is 1.84. The molecule has 0 aliphatic carbocycles. The van der Waals surface area contributed by atoms with E-state index in [2.05, 4.69) is 10.6 Å². The number of para-hydroxylation sites is 1. The van der Waals surface area contributed by atoms with Gasteiger partial charge in [-0.15, -0.1) is 11.3 Å². The summed E-state index contributed by atoms with van der Waals surface area (Å²) in [4.78, 5) is 39.2. The van der Waals surface area contributed by atoms with E-state index in [0.29, 0.717) is 4.88 Å². The molecule has 138 valence electrons. The number of likely N-dealkylation sites (N-methyl/N-ethyl adjacent to an activating group) is 1. The molecule has 0 radical (unpaired) electrons. The number of hydrogen-bond donors (Lipinski definition) is 2. The van der Waals surface area contributed by atoms with Crippen LogP contribution in [0.3, 0.4) is 0 Å². The largest absolute Gasteiger partial charge is 0.342 e. The summed E-state index contributed by atoms with van der Waals surface area (Å²) in [5.74, 6) is -0.897. The van der Waals surface area contributed by atoms with Crippen molar-refractivity contribution in [3.05, 3.63) is 51.2 Å². The van der Waals surface area contributed by atoms with Gasteiger partial charge in [-0.1, -0.05) is 18.2 Å². The highest BCUT2D eigenvalue weighted by atomic mass is 32.1. The van der Waals surface area contributed by atoms with Crippen LogP contribution in [0.2, 0.25) is 0 Å². The van der Waals surface area contributed by atoms with Gasteiger partial charge in [0, 0.05) is 17.6 Å². The topological polar surface area (TPSA) is 78.5 Å². The first kappa shape index (κ1) is 19.7. The maximum absolute atomic E-state index is 12.2. The number of rotatable bonds is 6. The van der Waals surface area contributed by atoms with E-state index in [-0.39, 0.29) is 30.8 Å². The summed E-state index contributed by atoms with van der Waals surface area (Å²) in [7, 11) is 1.54. The predicted octanol–water partition coefficient (Wildman–Crippen LogP) is 2.50. The SMILES string of the molecule is Cc1ccc(C(=O)NCC(=O)N(C)CC(=O)Nc2c(C)cccc2C)s1. The van der Waals surface area contributed by atoms with Crippen molar-refractivity contribution in [3.63, 3.8) is 0 Å². The molecule has 2 N–H and O–H groups in total. The van der Waals surface area contributed by atoms with Crippen molar-refractivity contribution in [1.29, 1.82) is 0 Å². The zero-order valence-corrected chi connectivity index (χ0v) is 16.2. The molecule has 1 heterocycles. The summed E-state index contributed by atoms with van der Waals surface area (Å²) in [6.07, 6.45) is 0. The molecule has 0 aliphatic heterocycles. The Hall–Kier alpha value is -2.67. The number of nitrogens with zero attached hydrogens (tertiary/aromatic N) is 1. The highest BCUT2D eigenvalue weighted by molar-refractivity contribution is 7.13. The van der Waals surface area contributed by atoms with E-state index >= 15 is 0 Å². The second-order valence-corrected chi connectivity index (χ2v) is 7.45. The second kappa shape index (κ2) is 8.62. The number of nitrogens with one attached hydrogen (secondary N) is 2. The first-order chi connectivity index (χ1) is 12.3. The van der Waals surface area contributed by atoms with Gasteiger partial charge in [-0.05, 0) is 44.0 Å². The molecule has 0 aliphatic rings. The van der Waals surface area contributed by atoms with Crippen LogP contribution in [0.5, 0.6) is 0 Å². The van der Waals surface area contributed by atoms with E-state index in [1.165, 1.54) is 23.3 Å². The van der Waals surface area contributed by atoms with Crippen molar-refractivity contribution in [2.75, 3.05) is 25.5 Å². The summed E-state index contributed by atoms with van der Waals surface area (Å²) in [6.45, 7) is 5.51. The van der Waals surface area contributed by atoms with Crippen LogP contribution in [0.25, 0.3) is 0 Å². The summed E-state index contributed by atoms with van der Waals surface area (Å²) in [6, 6.07) is 9.33. The molecular weight excluding hydrogens is 350 g/mol. The smallest absolute Gasteiger partial charge is 0.261 e. The molecule has 0 saturated carbocycles. The Morgan fingerprint density at radius 2 is 1.69 bits per heavy atom. The molecule has 0 fully saturated rings. The molecule has 2 aromatic rings. The van der Waals surface area contributed by atoms with Gasteiger partial charge in [-0.25, -0.2) is 0 Å². The van der Waals surface area contributed by atoms with Crippen LogP contribution < -0.4 is 10.6 Å². The fourth-order valence-electron chi connectivity index (χ4n) is 2.43. The summed E-state index contributed by atoms with van der Waals surface area (Å²) < 4.78 is 0. The highest BCUT2D eigenvalue weighted by Gasteiger charge is 2.16. The fourth-order valence-corrected chi connectivity index (χ4v) is 3.21. The van der Waals surface area contributed by atoms with Gasteiger partial charge in [0.15, 0.2) is 0 Å². The normalized spacial score (nSPS) is 10.3. The minimum Gasteiger partial charge on any atom is -0.342 e. The lowest BCUT2D eigenvalue weighted by Crippen LogP contribution is -2.41. The van der Waals surface area contributed by atoms with Gasteiger partial charge in [0.05, 0.1) is 18.0 Å². The number of carbonyl (C=O) groups excluding carboxylic acids is 3. The van der Waals surface area contributed by atoms with Gasteiger partial charge >= 0.3 is 0 Å². The molecule has 0 saturated heterocycles. The average Bonchev–Trinajstić information content (AvgIpc) is 3.02. The molecule has 0 spiro atoms. The van der Waals surface area contributed by atoms with Crippen LogP contribution in [-0.4, -0.2) is 42.8 Å². The van der Waals surface area contributed by atoms with Crippen LogP contribution in [-0.2, 0) is 9.59 Å². The van der Waals surface area contributed by atoms with Crippen LogP contribution >= 0.6 is 11.3 Å². The summed E-state index contributed by atoms with van der Waals surface area (Å²) >= 11 is 1.37. The van der Waals surface area contributed by atoms with Gasteiger partial charge in [0.25, 0.3) is 5.91 Å². The Labute approximate surface area is 157 Å². The number of thiophene rings is 1. The second-order valence-electron chi connectivity index (χ2n) is 6.16. The van der Waals surface area contributed by atoms with Crippen molar-refractivity contribution < 1.29 is 14.4 Å². The molecule has 0 unspecified atom stereocenters. The van der Waals surface area contributed by atoms with Gasteiger partial charge < -0.3 is 15.5 Å². The lowest BCUT2D eigenvalue weighted by Gasteiger charge is -2.18. The molecule has 26 heavy (non-hydrogen) atoms. The molecule has 0 atom stereocenters. The van der Waals surface area contributed by atoms with Crippen LogP contribution in [0, 0.1) is 20.8 Å². The Kier molecular flexibility index (Phi) is 6.52. The van der Waals surface area contributed by atoms with E-state index in [1.54, 1.807) is 6.07 Å². The van der Waals surface area contributed by atoms with E-state index < -0.39 is 0 Å². The van der Waals surface area contributed by atoms with Crippen molar-refractivity contribution in [2.24, 2.45) is 0 Å². The zero-order chi connectivity index (χ0) is 19.3. The van der Waals surface area contributed by atoms with E-state index in [1.807, 2.05) is 45.0 Å². The standard InChI is InChI=1S/C19H23N3O3S/c1-12-6-5-7-13(2)18(12)21-16(23)11-22(4)17(24)10-20-19(25)15-9-8-14(3)26-15/h5-9H,10-11H2,1-4H3,(H,20,25)(H,21,23). The third-order valence-electron chi connectivity index (χ3n) is 3.92. The number of hydrogen-bond acceptors (Lipinski definition) is 4. The molecule has 2 rings (SSSR count). The molecule has 1 aromatic heterocycles. The molecule has 7 heteroatoms. The van der Waals surface area contributed by atoms with Crippen LogP contribution in [0.4, 0.5) is 5.69 Å². The Morgan fingerprint density at radius 3 is 2.27 bits per heavy atom. The number of amides is 3. The third-order valence-corrected chi connectivity index (χ3v) is 4.92. The number of carbonyl (C=O) groups is 3. The molecule has 3 amide bonds. The van der Waals surface area contributed by atoms with E-state index in [9.17, 15) is 14.4 Å². The van der Waals surface area contributed by atoms with Crippen molar-refractivity contribution in [3.8, 4) is 0 Å². The summed E-state index contributed by atoms with van der Waals surface area (Å²) in [5, 5.41) is 5.42. The van der Waals surface area contributed by atoms with Crippen molar-refractivity contribution in [2.45, 2.75) is 20.8 Å². The van der Waals surface area contributed by atoms with Crippen LogP contribution in [0.1, 0.15) is 25.7 Å². The lowest BCUT2D eigenvalue weighted by molar-refractivity contribution is -0.132. The maximum atomic E-state index is 12.2. The molecular formula is C19H23N3O3S. The number of anilines is 1. The minimum atomic E-state index is -0.330. The van der Waals surface area contributed by atoms with Crippen LogP contribution in [0.15, 0.2) is 30.3 Å². The molecule has 6 nitrogen and oxygen atoms in total. The third kappa shape index (κ3) is 5.16. The summed E-state index contributed by atoms with van der Waals surface area (Å²) in [5.41, 5.74) is 2.69. The van der Waals surface area contributed by atoms with Gasteiger partial charge in [0.1, 0.15) is 0 Å². The Bertz CT molecular complexity index is 809. The monoisotopic (exact) mass is 373 g/mol. The average molecular weight is 373 g/mol. The van der Waals surface area contributed by atoms with Gasteiger partial charge in [0.2, 0.25) is 11.8 Å². The van der Waals surface area contributed by atoms with Gasteiger partial charge in [-0.3, -0.25) is 14.4 Å². The van der Waals surface area contributed by atoms with Crippen molar-refractivity contribution >= 4 is 34.7 Å². The van der Waals surface area contributed by atoms with E-state index in [0.717, 1.165) is 21.7 Å². The first-order valence-corrected chi connectivity index (χ1v) is 9.04. The molecule has 0 bridgehead atoms.